The van der Waals surface area contributed by atoms with Crippen LogP contribution < -0.4 is 9.47 Å². The van der Waals surface area contributed by atoms with Gasteiger partial charge in [-0.2, -0.15) is 5.26 Å². The van der Waals surface area contributed by atoms with E-state index in [1.165, 1.54) is 37.4 Å². The number of halogens is 2. The van der Waals surface area contributed by atoms with Gasteiger partial charge in [0.15, 0.2) is 0 Å². The Labute approximate surface area is 134 Å². The topological polar surface area (TPSA) is 42.2 Å². The zero-order valence-corrected chi connectivity index (χ0v) is 12.8. The van der Waals surface area contributed by atoms with Crippen LogP contribution in [0.25, 0.3) is 0 Å². The highest BCUT2D eigenvalue weighted by Gasteiger charge is 2.16. The van der Waals surface area contributed by atoms with Crippen LogP contribution in [0.5, 0.6) is 11.5 Å². The molecule has 0 heterocycles. The molecule has 0 radical (unpaired) electrons. The van der Waals surface area contributed by atoms with Crippen LogP contribution in [-0.2, 0) is 0 Å². The van der Waals surface area contributed by atoms with E-state index in [-0.39, 0.29) is 5.82 Å². The van der Waals surface area contributed by atoms with Crippen molar-refractivity contribution >= 4 is 0 Å². The lowest BCUT2D eigenvalue weighted by molar-refractivity contribution is 0.303. The fourth-order valence-corrected chi connectivity index (χ4v) is 2.30. The highest BCUT2D eigenvalue weighted by atomic mass is 19.1. The molecule has 23 heavy (non-hydrogen) atoms. The van der Waals surface area contributed by atoms with Gasteiger partial charge in [-0.1, -0.05) is 6.07 Å². The third-order valence-corrected chi connectivity index (χ3v) is 3.42. The van der Waals surface area contributed by atoms with Crippen LogP contribution in [0.1, 0.15) is 24.3 Å². The van der Waals surface area contributed by atoms with Gasteiger partial charge in [0.05, 0.1) is 25.7 Å². The fraction of sp³-hybridized carbons (Fsp3) is 0.278. The Bertz CT molecular complexity index is 698. The van der Waals surface area contributed by atoms with Gasteiger partial charge >= 0.3 is 0 Å². The van der Waals surface area contributed by atoms with E-state index in [1.54, 1.807) is 12.1 Å². The van der Waals surface area contributed by atoms with Gasteiger partial charge in [0.1, 0.15) is 23.1 Å². The van der Waals surface area contributed by atoms with Gasteiger partial charge < -0.3 is 9.47 Å². The molecule has 0 saturated heterocycles. The normalized spacial score (nSPS) is 11.6. The molecule has 0 N–H and O–H groups in total. The third kappa shape index (κ3) is 4.68. The minimum atomic E-state index is -0.489. The number of nitriles is 1. The molecule has 2 aromatic carbocycles. The number of benzene rings is 2. The van der Waals surface area contributed by atoms with E-state index in [4.69, 9.17) is 9.47 Å². The molecule has 120 valence electrons. The summed E-state index contributed by atoms with van der Waals surface area (Å²) >= 11 is 0. The molecule has 0 aliphatic heterocycles. The molecule has 0 bridgehead atoms. The number of nitrogens with zero attached hydrogens (tertiary/aromatic N) is 1. The second-order valence-electron chi connectivity index (χ2n) is 5.02. The lowest BCUT2D eigenvalue weighted by Gasteiger charge is -2.14. The van der Waals surface area contributed by atoms with Gasteiger partial charge in [0.25, 0.3) is 0 Å². The van der Waals surface area contributed by atoms with Gasteiger partial charge in [0.2, 0.25) is 0 Å². The van der Waals surface area contributed by atoms with Crippen molar-refractivity contribution in [1.29, 1.82) is 5.26 Å². The molecule has 0 fully saturated rings. The molecule has 0 aliphatic carbocycles. The Balaban J connectivity index is 1.93. The van der Waals surface area contributed by atoms with E-state index in [2.05, 4.69) is 6.07 Å². The largest absolute Gasteiger partial charge is 0.496 e. The number of methoxy groups -OCH3 is 1. The lowest BCUT2D eigenvalue weighted by Crippen LogP contribution is -2.04. The number of rotatable bonds is 7. The lowest BCUT2D eigenvalue weighted by atomic mass is 9.95. The second-order valence-corrected chi connectivity index (χ2v) is 5.02. The first-order valence-corrected chi connectivity index (χ1v) is 7.25. The molecular weight excluding hydrogens is 300 g/mol. The molecule has 1 unspecified atom stereocenters. The minimum Gasteiger partial charge on any atom is -0.496 e. The van der Waals surface area contributed by atoms with Crippen LogP contribution in [0, 0.1) is 23.0 Å². The summed E-state index contributed by atoms with van der Waals surface area (Å²) in [4.78, 5) is 0. The van der Waals surface area contributed by atoms with Crippen molar-refractivity contribution in [3.63, 3.8) is 0 Å². The van der Waals surface area contributed by atoms with Gasteiger partial charge in [-0.3, -0.25) is 0 Å². The van der Waals surface area contributed by atoms with Crippen molar-refractivity contribution in [2.24, 2.45) is 0 Å². The smallest absolute Gasteiger partial charge is 0.126 e. The number of ether oxygens (including phenoxy) is 2. The molecular formula is C18H17F2NO2. The Morgan fingerprint density at radius 1 is 1.13 bits per heavy atom. The number of hydrogen-bond donors (Lipinski definition) is 0. The quantitative estimate of drug-likeness (QED) is 0.709. The van der Waals surface area contributed by atoms with Gasteiger partial charge in [-0.05, 0) is 43.2 Å². The van der Waals surface area contributed by atoms with Crippen molar-refractivity contribution in [2.75, 3.05) is 13.7 Å². The summed E-state index contributed by atoms with van der Waals surface area (Å²) < 4.78 is 37.1. The first-order chi connectivity index (χ1) is 11.1. The summed E-state index contributed by atoms with van der Waals surface area (Å²) in [6.07, 6.45) is 1.07. The average molecular weight is 317 g/mol. The summed E-state index contributed by atoms with van der Waals surface area (Å²) in [6.45, 7) is 0.346. The molecule has 2 rings (SSSR count). The van der Waals surface area contributed by atoms with Crippen LogP contribution in [0.15, 0.2) is 42.5 Å². The molecule has 0 spiro atoms. The molecule has 5 heteroatoms. The van der Waals surface area contributed by atoms with E-state index in [0.717, 1.165) is 0 Å². The van der Waals surface area contributed by atoms with Crippen LogP contribution >= 0.6 is 0 Å². The third-order valence-electron chi connectivity index (χ3n) is 3.42. The second kappa shape index (κ2) is 8.14. The Kier molecular flexibility index (Phi) is 5.93. The van der Waals surface area contributed by atoms with Crippen molar-refractivity contribution < 1.29 is 18.3 Å². The molecule has 1 atom stereocenters. The van der Waals surface area contributed by atoms with Crippen molar-refractivity contribution in [3.8, 4) is 17.6 Å². The van der Waals surface area contributed by atoms with Gasteiger partial charge in [-0.15, -0.1) is 0 Å². The molecule has 0 saturated carbocycles. The van der Waals surface area contributed by atoms with Crippen LogP contribution in [-0.4, -0.2) is 13.7 Å². The summed E-state index contributed by atoms with van der Waals surface area (Å²) in [5, 5.41) is 9.32. The van der Waals surface area contributed by atoms with Crippen LogP contribution in [0.3, 0.4) is 0 Å². The maximum absolute atomic E-state index is 13.4. The Hall–Kier alpha value is -2.61. The minimum absolute atomic E-state index is 0.346. The van der Waals surface area contributed by atoms with E-state index in [9.17, 15) is 14.0 Å². The predicted molar refractivity (Wildman–Crippen MR) is 82.4 cm³/mol. The van der Waals surface area contributed by atoms with Crippen molar-refractivity contribution in [2.45, 2.75) is 18.8 Å². The first-order valence-electron chi connectivity index (χ1n) is 7.25. The van der Waals surface area contributed by atoms with Crippen molar-refractivity contribution in [3.05, 3.63) is 59.7 Å². The van der Waals surface area contributed by atoms with E-state index < -0.39 is 11.7 Å². The SMILES string of the molecule is COc1ccc(F)cc1C(C#N)CCCOc1cccc(F)c1. The Morgan fingerprint density at radius 3 is 2.61 bits per heavy atom. The van der Waals surface area contributed by atoms with Crippen LogP contribution in [0.2, 0.25) is 0 Å². The zero-order chi connectivity index (χ0) is 16.7. The summed E-state index contributed by atoms with van der Waals surface area (Å²) in [5.74, 6) is -0.318. The van der Waals surface area contributed by atoms with Gasteiger partial charge in [0, 0.05) is 11.6 Å². The molecule has 0 aromatic heterocycles. The van der Waals surface area contributed by atoms with E-state index >= 15 is 0 Å². The molecule has 0 aliphatic rings. The zero-order valence-electron chi connectivity index (χ0n) is 12.8. The highest BCUT2D eigenvalue weighted by molar-refractivity contribution is 5.39. The number of hydrogen-bond acceptors (Lipinski definition) is 3. The van der Waals surface area contributed by atoms with E-state index in [0.29, 0.717) is 36.5 Å². The summed E-state index contributed by atoms with van der Waals surface area (Å²) in [5.41, 5.74) is 0.528. The summed E-state index contributed by atoms with van der Waals surface area (Å²) in [7, 11) is 1.48. The molecule has 0 amide bonds. The average Bonchev–Trinajstić information content (AvgIpc) is 2.55. The molecule has 2 aromatic rings. The predicted octanol–water partition coefficient (Wildman–Crippen LogP) is 4.44. The first kappa shape index (κ1) is 16.8. The fourth-order valence-electron chi connectivity index (χ4n) is 2.30. The van der Waals surface area contributed by atoms with Crippen molar-refractivity contribution in [1.82, 2.24) is 0 Å². The standard InChI is InChI=1S/C18H17F2NO2/c1-22-18-8-7-15(20)11-17(18)13(12-21)4-3-9-23-16-6-2-5-14(19)10-16/h2,5-8,10-11,13H,3-4,9H2,1H3. The monoisotopic (exact) mass is 317 g/mol. The van der Waals surface area contributed by atoms with E-state index in [1.807, 2.05) is 0 Å². The van der Waals surface area contributed by atoms with Crippen LogP contribution in [0.4, 0.5) is 8.78 Å². The highest BCUT2D eigenvalue weighted by Crippen LogP contribution is 2.30. The maximum atomic E-state index is 13.4. The Morgan fingerprint density at radius 2 is 1.91 bits per heavy atom. The maximum Gasteiger partial charge on any atom is 0.126 e. The molecule has 3 nitrogen and oxygen atoms in total. The summed E-state index contributed by atoms with van der Waals surface area (Å²) in [6, 6.07) is 12.2. The van der Waals surface area contributed by atoms with Gasteiger partial charge in [-0.25, -0.2) is 8.78 Å².